The van der Waals surface area contributed by atoms with Crippen molar-refractivity contribution in [1.82, 2.24) is 0 Å². The number of rotatable bonds is 5. The topological polar surface area (TPSA) is 27.0 Å². The van der Waals surface area contributed by atoms with Gasteiger partial charge in [0, 0.05) is 18.8 Å². The number of anilines is 1. The van der Waals surface area contributed by atoms with Gasteiger partial charge in [0.1, 0.15) is 0 Å². The van der Waals surface area contributed by atoms with E-state index < -0.39 is 0 Å². The van der Waals surface area contributed by atoms with Gasteiger partial charge in [-0.2, -0.15) is 5.26 Å². The molecule has 0 aromatic heterocycles. The molecule has 21 heavy (non-hydrogen) atoms. The van der Waals surface area contributed by atoms with Crippen LogP contribution in [0.25, 0.3) is 0 Å². The van der Waals surface area contributed by atoms with Crippen LogP contribution in [0.2, 0.25) is 0 Å². The summed E-state index contributed by atoms with van der Waals surface area (Å²) in [6, 6.07) is 21.0. The van der Waals surface area contributed by atoms with Gasteiger partial charge in [0.15, 0.2) is 0 Å². The van der Waals surface area contributed by atoms with Crippen LogP contribution in [0.3, 0.4) is 0 Å². The standard InChI is InChI=1S/C19H22N2/c1-15(2)19(21(3)18-7-5-4-6-8-18)13-16-9-11-17(14-20)12-10-16/h4-12,15,19H,13H2,1-3H3. The van der Waals surface area contributed by atoms with Crippen LogP contribution >= 0.6 is 0 Å². The molecule has 0 amide bonds. The SMILES string of the molecule is CC(C)C(Cc1ccc(C#N)cc1)N(C)c1ccccc1. The summed E-state index contributed by atoms with van der Waals surface area (Å²) in [5.74, 6) is 0.547. The molecule has 0 N–H and O–H groups in total. The molecule has 2 rings (SSSR count). The first kappa shape index (κ1) is 15.1. The van der Waals surface area contributed by atoms with Crippen LogP contribution in [-0.2, 0) is 6.42 Å². The maximum absolute atomic E-state index is 8.88. The normalized spacial score (nSPS) is 12.0. The molecule has 1 unspecified atom stereocenters. The fourth-order valence-corrected chi connectivity index (χ4v) is 2.63. The Morgan fingerprint density at radius 1 is 1.00 bits per heavy atom. The molecule has 0 radical (unpaired) electrons. The summed E-state index contributed by atoms with van der Waals surface area (Å²) in [7, 11) is 2.16. The van der Waals surface area contributed by atoms with E-state index in [4.69, 9.17) is 5.26 Å². The van der Waals surface area contributed by atoms with Crippen LogP contribution in [0, 0.1) is 17.2 Å². The molecule has 0 bridgehead atoms. The van der Waals surface area contributed by atoms with Gasteiger partial charge in [0.25, 0.3) is 0 Å². The molecule has 0 saturated heterocycles. The minimum atomic E-state index is 0.431. The number of hydrogen-bond acceptors (Lipinski definition) is 2. The van der Waals surface area contributed by atoms with Crippen LogP contribution in [0.5, 0.6) is 0 Å². The van der Waals surface area contributed by atoms with Crippen LogP contribution < -0.4 is 4.90 Å². The summed E-state index contributed by atoms with van der Waals surface area (Å²) in [6.07, 6.45) is 0.981. The average Bonchev–Trinajstić information content (AvgIpc) is 2.53. The van der Waals surface area contributed by atoms with Crippen molar-refractivity contribution in [2.75, 3.05) is 11.9 Å². The van der Waals surface area contributed by atoms with Crippen LogP contribution in [0.15, 0.2) is 54.6 Å². The molecule has 0 fully saturated rings. The lowest BCUT2D eigenvalue weighted by molar-refractivity contribution is 0.469. The molecular formula is C19H22N2. The van der Waals surface area contributed by atoms with Crippen molar-refractivity contribution in [1.29, 1.82) is 5.26 Å². The zero-order chi connectivity index (χ0) is 15.2. The molecule has 2 aromatic carbocycles. The van der Waals surface area contributed by atoms with E-state index >= 15 is 0 Å². The Labute approximate surface area is 127 Å². The molecule has 2 aromatic rings. The van der Waals surface area contributed by atoms with Gasteiger partial charge >= 0.3 is 0 Å². The predicted molar refractivity (Wildman–Crippen MR) is 88.3 cm³/mol. The van der Waals surface area contributed by atoms with E-state index in [0.29, 0.717) is 12.0 Å². The third-order valence-corrected chi connectivity index (χ3v) is 3.96. The van der Waals surface area contributed by atoms with E-state index in [1.165, 1.54) is 11.3 Å². The summed E-state index contributed by atoms with van der Waals surface area (Å²) >= 11 is 0. The van der Waals surface area contributed by atoms with Gasteiger partial charge in [-0.05, 0) is 42.2 Å². The van der Waals surface area contributed by atoms with E-state index in [2.05, 4.69) is 68.3 Å². The molecule has 108 valence electrons. The van der Waals surface area contributed by atoms with E-state index in [-0.39, 0.29) is 0 Å². The minimum Gasteiger partial charge on any atom is -0.371 e. The van der Waals surface area contributed by atoms with Gasteiger partial charge in [-0.15, -0.1) is 0 Å². The third kappa shape index (κ3) is 3.86. The van der Waals surface area contributed by atoms with Crippen molar-refractivity contribution in [2.24, 2.45) is 5.92 Å². The van der Waals surface area contributed by atoms with Crippen molar-refractivity contribution in [3.05, 3.63) is 65.7 Å². The van der Waals surface area contributed by atoms with Crippen LogP contribution in [0.1, 0.15) is 25.0 Å². The second kappa shape index (κ2) is 6.95. The highest BCUT2D eigenvalue weighted by molar-refractivity contribution is 5.46. The Morgan fingerprint density at radius 3 is 2.14 bits per heavy atom. The molecule has 0 heterocycles. The fraction of sp³-hybridized carbons (Fsp3) is 0.316. The Morgan fingerprint density at radius 2 is 1.62 bits per heavy atom. The number of benzene rings is 2. The van der Waals surface area contributed by atoms with Crippen molar-refractivity contribution < 1.29 is 0 Å². The quantitative estimate of drug-likeness (QED) is 0.817. The van der Waals surface area contributed by atoms with Gasteiger partial charge in [-0.1, -0.05) is 44.2 Å². The second-order valence-electron chi connectivity index (χ2n) is 5.77. The summed E-state index contributed by atoms with van der Waals surface area (Å²) in [5.41, 5.74) is 3.23. The zero-order valence-corrected chi connectivity index (χ0v) is 13.0. The summed E-state index contributed by atoms with van der Waals surface area (Å²) in [6.45, 7) is 4.52. The van der Waals surface area contributed by atoms with Crippen molar-refractivity contribution in [3.63, 3.8) is 0 Å². The number of nitrogens with zero attached hydrogens (tertiary/aromatic N) is 2. The number of nitriles is 1. The second-order valence-corrected chi connectivity index (χ2v) is 5.77. The lowest BCUT2D eigenvalue weighted by atomic mass is 9.94. The van der Waals surface area contributed by atoms with Crippen molar-refractivity contribution in [2.45, 2.75) is 26.3 Å². The van der Waals surface area contributed by atoms with Crippen LogP contribution in [-0.4, -0.2) is 13.1 Å². The molecular weight excluding hydrogens is 256 g/mol. The number of hydrogen-bond donors (Lipinski definition) is 0. The molecule has 0 spiro atoms. The van der Waals surface area contributed by atoms with Gasteiger partial charge < -0.3 is 4.90 Å². The molecule has 0 saturated carbocycles. The largest absolute Gasteiger partial charge is 0.371 e. The van der Waals surface area contributed by atoms with E-state index in [1.807, 2.05) is 18.2 Å². The highest BCUT2D eigenvalue weighted by Crippen LogP contribution is 2.22. The maximum Gasteiger partial charge on any atom is 0.0991 e. The first-order valence-corrected chi connectivity index (χ1v) is 7.38. The third-order valence-electron chi connectivity index (χ3n) is 3.96. The van der Waals surface area contributed by atoms with Crippen LogP contribution in [0.4, 0.5) is 5.69 Å². The van der Waals surface area contributed by atoms with Crippen molar-refractivity contribution >= 4 is 5.69 Å². The average molecular weight is 278 g/mol. The Hall–Kier alpha value is -2.27. The molecule has 2 nitrogen and oxygen atoms in total. The minimum absolute atomic E-state index is 0.431. The smallest absolute Gasteiger partial charge is 0.0991 e. The van der Waals surface area contributed by atoms with Gasteiger partial charge in [-0.3, -0.25) is 0 Å². The van der Waals surface area contributed by atoms with Gasteiger partial charge in [0.2, 0.25) is 0 Å². The lowest BCUT2D eigenvalue weighted by Crippen LogP contribution is -2.37. The predicted octanol–water partition coefficient (Wildman–Crippen LogP) is 4.26. The zero-order valence-electron chi connectivity index (χ0n) is 13.0. The van der Waals surface area contributed by atoms with E-state index in [1.54, 1.807) is 0 Å². The first-order chi connectivity index (χ1) is 10.1. The number of para-hydroxylation sites is 1. The van der Waals surface area contributed by atoms with E-state index in [9.17, 15) is 0 Å². The first-order valence-electron chi connectivity index (χ1n) is 7.38. The Kier molecular flexibility index (Phi) is 5.00. The summed E-state index contributed by atoms with van der Waals surface area (Å²) < 4.78 is 0. The molecule has 0 aliphatic rings. The Bertz CT molecular complexity index is 594. The monoisotopic (exact) mass is 278 g/mol. The number of likely N-dealkylation sites (N-methyl/N-ethyl adjacent to an activating group) is 1. The Balaban J connectivity index is 2.17. The lowest BCUT2D eigenvalue weighted by Gasteiger charge is -2.33. The maximum atomic E-state index is 8.88. The molecule has 0 aliphatic heterocycles. The summed E-state index contributed by atoms with van der Waals surface area (Å²) in [5, 5.41) is 8.88. The highest BCUT2D eigenvalue weighted by atomic mass is 15.1. The van der Waals surface area contributed by atoms with Crippen molar-refractivity contribution in [3.8, 4) is 6.07 Å². The molecule has 2 heteroatoms. The molecule has 1 atom stereocenters. The molecule has 0 aliphatic carbocycles. The fourth-order valence-electron chi connectivity index (χ4n) is 2.63. The summed E-state index contributed by atoms with van der Waals surface area (Å²) in [4.78, 5) is 2.35. The van der Waals surface area contributed by atoms with Gasteiger partial charge in [0.05, 0.1) is 11.6 Å². The van der Waals surface area contributed by atoms with Gasteiger partial charge in [-0.25, -0.2) is 0 Å². The highest BCUT2D eigenvalue weighted by Gasteiger charge is 2.19. The van der Waals surface area contributed by atoms with E-state index in [0.717, 1.165) is 12.0 Å².